The zero-order valence-electron chi connectivity index (χ0n) is 34.5. The SMILES string of the molecule is CC[C@H](C)[C@H](NC(=O)OC)C(=O)N1CCC[C@H]1c1ncc(-c2ccc3cc(C#Cc4[nH]c([C@@H]5CCCN5C(=O)[C@@H](NC(=O)OC)[C@@H](C)CC)nc4C(F)(F)F)ccc3c2)[nH]1. The summed E-state index contributed by atoms with van der Waals surface area (Å²) < 4.78 is 52.4. The van der Waals surface area contributed by atoms with Gasteiger partial charge in [-0.3, -0.25) is 9.59 Å². The van der Waals surface area contributed by atoms with Gasteiger partial charge in [-0.05, 0) is 72.4 Å². The highest BCUT2D eigenvalue weighted by atomic mass is 19.4. The highest BCUT2D eigenvalue weighted by molar-refractivity contribution is 5.89. The van der Waals surface area contributed by atoms with Gasteiger partial charge in [0.2, 0.25) is 11.8 Å². The molecule has 17 heteroatoms. The third-order valence-electron chi connectivity index (χ3n) is 11.6. The number of carbonyl (C=O) groups excluding carboxylic acids is 4. The number of aromatic nitrogens is 4. The molecule has 0 saturated carbocycles. The molecular formula is C43H51F3N8O6. The Balaban J connectivity index is 1.20. The molecule has 4 aromatic rings. The van der Waals surface area contributed by atoms with Gasteiger partial charge in [0, 0.05) is 24.2 Å². The lowest BCUT2D eigenvalue weighted by molar-refractivity contribution is -0.141. The fourth-order valence-corrected chi connectivity index (χ4v) is 7.85. The largest absolute Gasteiger partial charge is 0.453 e. The number of fused-ring (bicyclic) bond motifs is 1. The molecule has 60 heavy (non-hydrogen) atoms. The molecule has 6 rings (SSSR count). The minimum absolute atomic E-state index is 0.0236. The first-order valence-electron chi connectivity index (χ1n) is 20.2. The van der Waals surface area contributed by atoms with Gasteiger partial charge in [-0.1, -0.05) is 64.7 Å². The van der Waals surface area contributed by atoms with Crippen molar-refractivity contribution < 1.29 is 41.8 Å². The van der Waals surface area contributed by atoms with Crippen molar-refractivity contribution in [3.63, 3.8) is 0 Å². The number of alkyl carbamates (subject to hydrolysis) is 2. The maximum absolute atomic E-state index is 14.3. The summed E-state index contributed by atoms with van der Waals surface area (Å²) in [5.41, 5.74) is 0.490. The molecular weight excluding hydrogens is 782 g/mol. The van der Waals surface area contributed by atoms with Crippen LogP contribution in [0.15, 0.2) is 42.6 Å². The Morgan fingerprint density at radius 2 is 1.37 bits per heavy atom. The van der Waals surface area contributed by atoms with Gasteiger partial charge >= 0.3 is 18.4 Å². The van der Waals surface area contributed by atoms with Gasteiger partial charge in [-0.25, -0.2) is 19.6 Å². The quantitative estimate of drug-likeness (QED) is 0.115. The Morgan fingerprint density at radius 1 is 0.817 bits per heavy atom. The first-order chi connectivity index (χ1) is 28.7. The average Bonchev–Trinajstić information content (AvgIpc) is 4.09. The van der Waals surface area contributed by atoms with E-state index in [1.54, 1.807) is 23.2 Å². The number of likely N-dealkylation sites (tertiary alicyclic amines) is 2. The number of imidazole rings is 2. The Hall–Kier alpha value is -6.05. The monoisotopic (exact) mass is 832 g/mol. The van der Waals surface area contributed by atoms with Crippen molar-refractivity contribution in [2.45, 2.75) is 96.6 Å². The number of hydrogen-bond donors (Lipinski definition) is 4. The summed E-state index contributed by atoms with van der Waals surface area (Å²) in [4.78, 5) is 69.5. The predicted octanol–water partition coefficient (Wildman–Crippen LogP) is 7.24. The van der Waals surface area contributed by atoms with E-state index in [1.165, 1.54) is 19.1 Å². The summed E-state index contributed by atoms with van der Waals surface area (Å²) in [6, 6.07) is 8.38. The minimum atomic E-state index is -4.81. The molecule has 14 nitrogen and oxygen atoms in total. The summed E-state index contributed by atoms with van der Waals surface area (Å²) in [6.07, 6.45) is -0.837. The van der Waals surface area contributed by atoms with Crippen molar-refractivity contribution in [1.29, 1.82) is 0 Å². The molecule has 2 aliphatic rings. The van der Waals surface area contributed by atoms with E-state index in [4.69, 9.17) is 9.47 Å². The van der Waals surface area contributed by atoms with Crippen LogP contribution < -0.4 is 10.6 Å². The van der Waals surface area contributed by atoms with Gasteiger partial charge in [0.25, 0.3) is 0 Å². The molecule has 2 fully saturated rings. The molecule has 2 aromatic carbocycles. The van der Waals surface area contributed by atoms with Crippen LogP contribution >= 0.6 is 0 Å². The molecule has 2 aromatic heterocycles. The highest BCUT2D eigenvalue weighted by Gasteiger charge is 2.42. The maximum atomic E-state index is 14.3. The van der Waals surface area contributed by atoms with E-state index in [-0.39, 0.29) is 29.6 Å². The van der Waals surface area contributed by atoms with Crippen molar-refractivity contribution in [1.82, 2.24) is 40.4 Å². The number of alkyl halides is 3. The van der Waals surface area contributed by atoms with Crippen LogP contribution in [0.4, 0.5) is 22.8 Å². The molecule has 320 valence electrons. The van der Waals surface area contributed by atoms with Crippen molar-refractivity contribution in [2.75, 3.05) is 27.3 Å². The second kappa shape index (κ2) is 18.5. The number of aromatic amines is 2. The summed E-state index contributed by atoms with van der Waals surface area (Å²) in [5.74, 6) is 5.15. The van der Waals surface area contributed by atoms with Crippen LogP contribution in [0.5, 0.6) is 0 Å². The van der Waals surface area contributed by atoms with Crippen molar-refractivity contribution >= 4 is 34.8 Å². The first-order valence-corrected chi connectivity index (χ1v) is 20.2. The first kappa shape index (κ1) is 43.5. The molecule has 0 spiro atoms. The normalized spacial score (nSPS) is 18.6. The van der Waals surface area contributed by atoms with Crippen LogP contribution in [-0.2, 0) is 25.2 Å². The number of benzene rings is 2. The molecule has 2 aliphatic heterocycles. The van der Waals surface area contributed by atoms with Gasteiger partial charge in [0.05, 0.1) is 38.2 Å². The molecule has 4 heterocycles. The molecule has 0 aliphatic carbocycles. The van der Waals surface area contributed by atoms with Crippen LogP contribution in [0.3, 0.4) is 0 Å². The summed E-state index contributed by atoms with van der Waals surface area (Å²) >= 11 is 0. The number of methoxy groups -OCH3 is 2. The number of amides is 4. The van der Waals surface area contributed by atoms with E-state index >= 15 is 0 Å². The van der Waals surface area contributed by atoms with Crippen molar-refractivity contribution in [3.05, 3.63) is 71.2 Å². The number of halogens is 3. The fourth-order valence-electron chi connectivity index (χ4n) is 7.85. The van der Waals surface area contributed by atoms with Crippen LogP contribution in [0.1, 0.15) is 107 Å². The number of ether oxygens (including phenoxy) is 2. The third-order valence-corrected chi connectivity index (χ3v) is 11.6. The van der Waals surface area contributed by atoms with Gasteiger partial charge in [-0.2, -0.15) is 13.2 Å². The van der Waals surface area contributed by atoms with E-state index in [2.05, 4.69) is 42.4 Å². The smallest absolute Gasteiger partial charge is 0.436 e. The molecule has 2 saturated heterocycles. The topological polar surface area (TPSA) is 175 Å². The maximum Gasteiger partial charge on any atom is 0.436 e. The number of H-pyrrole nitrogens is 2. The summed E-state index contributed by atoms with van der Waals surface area (Å²) in [5, 5.41) is 6.96. The minimum Gasteiger partial charge on any atom is -0.453 e. The Labute approximate surface area is 346 Å². The second-order valence-electron chi connectivity index (χ2n) is 15.4. The van der Waals surface area contributed by atoms with Gasteiger partial charge in [-0.15, -0.1) is 0 Å². The van der Waals surface area contributed by atoms with Crippen LogP contribution in [-0.4, -0.2) is 93.1 Å². The number of carbonyl (C=O) groups is 4. The molecule has 0 unspecified atom stereocenters. The lowest BCUT2D eigenvalue weighted by Gasteiger charge is -2.30. The van der Waals surface area contributed by atoms with E-state index < -0.39 is 53.8 Å². The third kappa shape index (κ3) is 9.37. The summed E-state index contributed by atoms with van der Waals surface area (Å²) in [6.45, 7) is 8.38. The Kier molecular flexibility index (Phi) is 13.4. The highest BCUT2D eigenvalue weighted by Crippen LogP contribution is 2.37. The number of nitrogens with zero attached hydrogens (tertiary/aromatic N) is 4. The van der Waals surface area contributed by atoms with E-state index in [9.17, 15) is 32.3 Å². The Bertz CT molecular complexity index is 2280. The van der Waals surface area contributed by atoms with Crippen molar-refractivity contribution in [2.24, 2.45) is 11.8 Å². The van der Waals surface area contributed by atoms with Crippen LogP contribution in [0.25, 0.3) is 22.0 Å². The van der Waals surface area contributed by atoms with Crippen LogP contribution in [0.2, 0.25) is 0 Å². The van der Waals surface area contributed by atoms with E-state index in [1.807, 2.05) is 52.0 Å². The van der Waals surface area contributed by atoms with E-state index in [0.29, 0.717) is 56.6 Å². The molecule has 4 N–H and O–H groups in total. The molecule has 0 bridgehead atoms. The predicted molar refractivity (Wildman–Crippen MR) is 216 cm³/mol. The molecule has 0 radical (unpaired) electrons. The lowest BCUT2D eigenvalue weighted by Crippen LogP contribution is -2.51. The van der Waals surface area contributed by atoms with Crippen LogP contribution in [0, 0.1) is 23.7 Å². The summed E-state index contributed by atoms with van der Waals surface area (Å²) in [7, 11) is 2.46. The fraction of sp³-hybridized carbons (Fsp3) is 0.488. The number of rotatable bonds is 11. The number of hydrogen-bond acceptors (Lipinski definition) is 8. The van der Waals surface area contributed by atoms with E-state index in [0.717, 1.165) is 28.5 Å². The van der Waals surface area contributed by atoms with Gasteiger partial charge in [0.1, 0.15) is 29.4 Å². The van der Waals surface area contributed by atoms with Crippen molar-refractivity contribution in [3.8, 4) is 23.1 Å². The zero-order chi connectivity index (χ0) is 43.3. The second-order valence-corrected chi connectivity index (χ2v) is 15.4. The number of nitrogens with one attached hydrogen (secondary N) is 4. The van der Waals surface area contributed by atoms with Gasteiger partial charge < -0.3 is 39.9 Å². The lowest BCUT2D eigenvalue weighted by atomic mass is 9.97. The zero-order valence-corrected chi connectivity index (χ0v) is 34.5. The standard InChI is InChI=1S/C43H51F3N8O6/c1-7-24(3)34(50-41(57)59-5)39(55)53-19-9-11-32(53)37-47-23-31(49-37)29-17-16-27-21-26(13-15-28(27)22-29)14-18-30-36(43(44,45)46)52-38(48-30)33-12-10-20-54(33)40(56)35(25(4)8-2)51-42(58)60-6/h13,15-17,21-25,32-35H,7-12,19-20H2,1-6H3,(H,47,49)(H,48,52)(H,50,57)(H,51,58)/t24-,25-,32-,33-,34-,35-/m0/s1. The molecule has 6 atom stereocenters. The Morgan fingerprint density at radius 3 is 1.92 bits per heavy atom. The van der Waals surface area contributed by atoms with Gasteiger partial charge in [0.15, 0.2) is 5.69 Å². The molecule has 4 amide bonds. The average molecular weight is 833 g/mol.